The monoisotopic (exact) mass is 294 g/mol. The number of benzene rings is 1. The van der Waals surface area contributed by atoms with Gasteiger partial charge in [0, 0.05) is 20.6 Å². The number of Topliss-reactive ketones (excluding diaryl/α,β-unsaturated/α-hetero) is 1. The maximum Gasteiger partial charge on any atom is 0.184 e. The predicted octanol–water partition coefficient (Wildman–Crippen LogP) is 1.94. The van der Waals surface area contributed by atoms with Crippen molar-refractivity contribution in [2.45, 2.75) is 44.6 Å². The third-order valence-electron chi connectivity index (χ3n) is 3.63. The van der Waals surface area contributed by atoms with Crippen molar-refractivity contribution in [3.8, 4) is 0 Å². The molecule has 0 unspecified atom stereocenters. The number of carbonyl (C=O) groups is 1. The van der Waals surface area contributed by atoms with Crippen molar-refractivity contribution in [1.82, 2.24) is 0 Å². The van der Waals surface area contributed by atoms with Gasteiger partial charge in [-0.2, -0.15) is 0 Å². The van der Waals surface area contributed by atoms with E-state index in [4.69, 9.17) is 18.9 Å². The number of hydrogen-bond donors (Lipinski definition) is 0. The van der Waals surface area contributed by atoms with E-state index in [0.29, 0.717) is 13.0 Å². The van der Waals surface area contributed by atoms with Crippen molar-refractivity contribution in [1.29, 1.82) is 0 Å². The zero-order valence-electron chi connectivity index (χ0n) is 12.7. The van der Waals surface area contributed by atoms with E-state index in [1.165, 1.54) is 6.92 Å². The highest BCUT2D eigenvalue weighted by Gasteiger charge is 2.41. The molecule has 0 spiro atoms. The van der Waals surface area contributed by atoms with E-state index in [9.17, 15) is 4.79 Å². The molecule has 4 atom stereocenters. The topological polar surface area (TPSA) is 54.0 Å². The molecule has 0 aliphatic carbocycles. The molecule has 0 aromatic heterocycles. The minimum Gasteiger partial charge on any atom is -0.376 e. The minimum absolute atomic E-state index is 0.0651. The van der Waals surface area contributed by atoms with Gasteiger partial charge < -0.3 is 18.9 Å². The molecule has 1 aliphatic heterocycles. The number of ether oxygens (including phenoxy) is 4. The summed E-state index contributed by atoms with van der Waals surface area (Å²) in [6.07, 6.45) is -1.18. The molecule has 21 heavy (non-hydrogen) atoms. The quantitative estimate of drug-likeness (QED) is 0.802. The summed E-state index contributed by atoms with van der Waals surface area (Å²) in [6.45, 7) is 1.94. The Hall–Kier alpha value is -1.27. The Labute approximate surface area is 125 Å². The molecule has 0 radical (unpaired) electrons. The van der Waals surface area contributed by atoms with Crippen molar-refractivity contribution in [2.24, 2.45) is 0 Å². The molecule has 0 saturated carbocycles. The molecular weight excluding hydrogens is 272 g/mol. The fourth-order valence-electron chi connectivity index (χ4n) is 2.49. The van der Waals surface area contributed by atoms with Crippen LogP contribution in [0.3, 0.4) is 0 Å². The Morgan fingerprint density at radius 1 is 1.19 bits per heavy atom. The standard InChI is InChI=1S/C16H22O5/c1-11(17)15-13(9-14(18-2)16(19-3)21-15)20-10-12-7-5-4-6-8-12/h4-8,13-16H,9-10H2,1-3H3/t13-,14+,15+,16-/m0/s1. The summed E-state index contributed by atoms with van der Waals surface area (Å²) < 4.78 is 22.2. The second-order valence-corrected chi connectivity index (χ2v) is 5.12. The molecule has 1 heterocycles. The van der Waals surface area contributed by atoms with Gasteiger partial charge in [0.05, 0.1) is 12.7 Å². The fraction of sp³-hybridized carbons (Fsp3) is 0.562. The van der Waals surface area contributed by atoms with Crippen LogP contribution in [0.2, 0.25) is 0 Å². The summed E-state index contributed by atoms with van der Waals surface area (Å²) in [4.78, 5) is 11.8. The van der Waals surface area contributed by atoms with Gasteiger partial charge in [0.15, 0.2) is 12.1 Å². The van der Waals surface area contributed by atoms with Gasteiger partial charge in [-0.1, -0.05) is 30.3 Å². The van der Waals surface area contributed by atoms with Crippen LogP contribution in [0, 0.1) is 0 Å². The molecule has 5 nitrogen and oxygen atoms in total. The summed E-state index contributed by atoms with van der Waals surface area (Å²) >= 11 is 0. The van der Waals surface area contributed by atoms with E-state index in [2.05, 4.69) is 0 Å². The van der Waals surface area contributed by atoms with E-state index >= 15 is 0 Å². The second-order valence-electron chi connectivity index (χ2n) is 5.12. The Balaban J connectivity index is 2.02. The predicted molar refractivity (Wildman–Crippen MR) is 76.8 cm³/mol. The van der Waals surface area contributed by atoms with Gasteiger partial charge >= 0.3 is 0 Å². The average Bonchev–Trinajstić information content (AvgIpc) is 2.52. The van der Waals surface area contributed by atoms with E-state index < -0.39 is 12.4 Å². The highest BCUT2D eigenvalue weighted by Crippen LogP contribution is 2.26. The molecule has 1 aromatic carbocycles. The normalized spacial score (nSPS) is 29.3. The summed E-state index contributed by atoms with van der Waals surface area (Å²) in [7, 11) is 3.14. The van der Waals surface area contributed by atoms with Gasteiger partial charge in [-0.05, 0) is 12.5 Å². The first-order valence-electron chi connectivity index (χ1n) is 7.02. The molecule has 1 aromatic rings. The van der Waals surface area contributed by atoms with Crippen LogP contribution in [0.1, 0.15) is 18.9 Å². The second kappa shape index (κ2) is 7.66. The molecule has 0 bridgehead atoms. The third-order valence-corrected chi connectivity index (χ3v) is 3.63. The number of hydrogen-bond acceptors (Lipinski definition) is 5. The minimum atomic E-state index is -0.620. The van der Waals surface area contributed by atoms with Crippen LogP contribution < -0.4 is 0 Å². The van der Waals surface area contributed by atoms with Gasteiger partial charge in [-0.25, -0.2) is 0 Å². The summed E-state index contributed by atoms with van der Waals surface area (Å²) in [6, 6.07) is 9.83. The Kier molecular flexibility index (Phi) is 5.87. The lowest BCUT2D eigenvalue weighted by Crippen LogP contribution is -2.52. The van der Waals surface area contributed by atoms with E-state index in [1.807, 2.05) is 30.3 Å². The SMILES string of the molecule is CO[C@H]1O[C@H](C(C)=O)[C@@H](OCc2ccccc2)C[C@H]1OC. The van der Waals surface area contributed by atoms with Crippen molar-refractivity contribution in [3.05, 3.63) is 35.9 Å². The Morgan fingerprint density at radius 3 is 2.48 bits per heavy atom. The first kappa shape index (κ1) is 16.1. The molecule has 1 aliphatic rings. The zero-order chi connectivity index (χ0) is 15.2. The highest BCUT2D eigenvalue weighted by atomic mass is 16.7. The van der Waals surface area contributed by atoms with Crippen LogP contribution in [0.25, 0.3) is 0 Å². The van der Waals surface area contributed by atoms with E-state index in [1.54, 1.807) is 14.2 Å². The van der Waals surface area contributed by atoms with Gasteiger partial charge in [0.1, 0.15) is 12.2 Å². The number of ketones is 1. The van der Waals surface area contributed by atoms with Crippen molar-refractivity contribution in [2.75, 3.05) is 14.2 Å². The van der Waals surface area contributed by atoms with Crippen molar-refractivity contribution in [3.63, 3.8) is 0 Å². The molecule has 5 heteroatoms. The average molecular weight is 294 g/mol. The third kappa shape index (κ3) is 4.11. The van der Waals surface area contributed by atoms with E-state index in [-0.39, 0.29) is 18.0 Å². The smallest absolute Gasteiger partial charge is 0.184 e. The van der Waals surface area contributed by atoms with E-state index in [0.717, 1.165) is 5.56 Å². The lowest BCUT2D eigenvalue weighted by molar-refractivity contribution is -0.262. The maximum atomic E-state index is 11.8. The van der Waals surface area contributed by atoms with Crippen LogP contribution in [-0.2, 0) is 30.3 Å². The van der Waals surface area contributed by atoms with Crippen LogP contribution in [-0.4, -0.2) is 44.6 Å². The summed E-state index contributed by atoms with van der Waals surface area (Å²) in [5.41, 5.74) is 1.06. The molecule has 1 fully saturated rings. The molecule has 0 amide bonds. The molecule has 0 N–H and O–H groups in total. The van der Waals surface area contributed by atoms with Crippen LogP contribution >= 0.6 is 0 Å². The largest absolute Gasteiger partial charge is 0.376 e. The van der Waals surface area contributed by atoms with Crippen LogP contribution in [0.15, 0.2) is 30.3 Å². The highest BCUT2D eigenvalue weighted by molar-refractivity contribution is 5.81. The number of carbonyl (C=O) groups excluding carboxylic acids is 1. The maximum absolute atomic E-state index is 11.8. The molecular formula is C16H22O5. The molecule has 116 valence electrons. The van der Waals surface area contributed by atoms with Crippen LogP contribution in [0.4, 0.5) is 0 Å². The lowest BCUT2D eigenvalue weighted by atomic mass is 9.99. The number of rotatable bonds is 6. The zero-order valence-corrected chi connectivity index (χ0v) is 12.7. The van der Waals surface area contributed by atoms with Gasteiger partial charge in [-0.15, -0.1) is 0 Å². The van der Waals surface area contributed by atoms with Crippen molar-refractivity contribution < 1.29 is 23.7 Å². The van der Waals surface area contributed by atoms with Gasteiger partial charge in [-0.3, -0.25) is 4.79 Å². The Morgan fingerprint density at radius 2 is 1.90 bits per heavy atom. The first-order chi connectivity index (χ1) is 10.2. The fourth-order valence-corrected chi connectivity index (χ4v) is 2.49. The van der Waals surface area contributed by atoms with Gasteiger partial charge in [0.25, 0.3) is 0 Å². The summed E-state index contributed by atoms with van der Waals surface area (Å²) in [5.74, 6) is -0.0651. The molecule has 2 rings (SSSR count). The summed E-state index contributed by atoms with van der Waals surface area (Å²) in [5, 5.41) is 0. The van der Waals surface area contributed by atoms with Crippen molar-refractivity contribution >= 4 is 5.78 Å². The lowest BCUT2D eigenvalue weighted by Gasteiger charge is -2.38. The molecule has 1 saturated heterocycles. The first-order valence-corrected chi connectivity index (χ1v) is 7.02. The number of methoxy groups -OCH3 is 2. The Bertz CT molecular complexity index is 447. The van der Waals surface area contributed by atoms with Gasteiger partial charge in [0.2, 0.25) is 0 Å². The van der Waals surface area contributed by atoms with Crippen LogP contribution in [0.5, 0.6) is 0 Å².